The van der Waals surface area contributed by atoms with Gasteiger partial charge in [-0.3, -0.25) is 4.79 Å². The summed E-state index contributed by atoms with van der Waals surface area (Å²) in [6, 6.07) is 0. The quantitative estimate of drug-likeness (QED) is 0.201. The summed E-state index contributed by atoms with van der Waals surface area (Å²) in [6.45, 7) is 7.10. The van der Waals surface area contributed by atoms with Crippen molar-refractivity contribution in [3.05, 3.63) is 12.2 Å². The molecular formula is C23H42O2. The Morgan fingerprint density at radius 3 is 2.60 bits per heavy atom. The van der Waals surface area contributed by atoms with Crippen LogP contribution in [-0.2, 0) is 9.53 Å². The summed E-state index contributed by atoms with van der Waals surface area (Å²) < 4.78 is 4.69. The summed E-state index contributed by atoms with van der Waals surface area (Å²) in [6.07, 6.45) is 21.1. The van der Waals surface area contributed by atoms with Gasteiger partial charge in [0.15, 0.2) is 0 Å². The second kappa shape index (κ2) is 12.5. The van der Waals surface area contributed by atoms with Gasteiger partial charge in [0.2, 0.25) is 0 Å². The minimum Gasteiger partial charge on any atom is -0.469 e. The summed E-state index contributed by atoms with van der Waals surface area (Å²) in [7, 11) is 1.47. The van der Waals surface area contributed by atoms with Gasteiger partial charge in [0, 0.05) is 6.42 Å². The normalized spacial score (nSPS) is 21.1. The molecule has 0 aromatic rings. The molecule has 1 fully saturated rings. The van der Waals surface area contributed by atoms with E-state index in [1.165, 1.54) is 71.3 Å². The van der Waals surface area contributed by atoms with Crippen LogP contribution in [0.5, 0.6) is 0 Å². The third-order valence-electron chi connectivity index (χ3n) is 5.91. The van der Waals surface area contributed by atoms with E-state index in [2.05, 4.69) is 37.7 Å². The molecule has 2 nitrogen and oxygen atoms in total. The molecule has 0 unspecified atom stereocenters. The van der Waals surface area contributed by atoms with E-state index in [0.717, 1.165) is 24.7 Å². The Morgan fingerprint density at radius 2 is 1.88 bits per heavy atom. The number of ether oxygens (including phenoxy) is 1. The first kappa shape index (κ1) is 22.3. The van der Waals surface area contributed by atoms with Crippen molar-refractivity contribution in [3.63, 3.8) is 0 Å². The van der Waals surface area contributed by atoms with Crippen molar-refractivity contribution in [2.45, 2.75) is 104 Å². The third kappa shape index (κ3) is 10.1. The molecule has 0 aliphatic heterocycles. The molecule has 0 spiro atoms. The molecule has 2 atom stereocenters. The smallest absolute Gasteiger partial charge is 0.305 e. The zero-order chi connectivity index (χ0) is 18.5. The van der Waals surface area contributed by atoms with E-state index in [0.29, 0.717) is 11.8 Å². The molecule has 0 saturated heterocycles. The molecule has 0 bridgehead atoms. The van der Waals surface area contributed by atoms with Gasteiger partial charge in [-0.15, -0.1) is 0 Å². The molecule has 0 heterocycles. The molecule has 1 aliphatic rings. The van der Waals surface area contributed by atoms with Crippen molar-refractivity contribution < 1.29 is 9.53 Å². The Labute approximate surface area is 156 Å². The zero-order valence-electron chi connectivity index (χ0n) is 17.3. The predicted octanol–water partition coefficient (Wildman–Crippen LogP) is 7.08. The van der Waals surface area contributed by atoms with Crippen molar-refractivity contribution in [1.82, 2.24) is 0 Å². The van der Waals surface area contributed by atoms with E-state index in [4.69, 9.17) is 0 Å². The van der Waals surface area contributed by atoms with Crippen LogP contribution in [0.25, 0.3) is 0 Å². The largest absolute Gasteiger partial charge is 0.469 e. The number of carbonyl (C=O) groups excluding carboxylic acids is 1. The number of hydrogen-bond donors (Lipinski definition) is 0. The van der Waals surface area contributed by atoms with E-state index in [9.17, 15) is 4.79 Å². The number of carbonyl (C=O) groups is 1. The van der Waals surface area contributed by atoms with Crippen LogP contribution in [0.15, 0.2) is 12.2 Å². The molecule has 1 aliphatic carbocycles. The predicted molar refractivity (Wildman–Crippen MR) is 108 cm³/mol. The van der Waals surface area contributed by atoms with E-state index < -0.39 is 0 Å². The standard InChI is InChI=1S/C23H42O2/c1-5-6-18-23(2,3)19-12-16-21-15-11-14-20(21)13-9-7-8-10-17-22(24)25-4/h12,16,20-21H,5-11,13-15,17-19H2,1-4H3/t20-,21+/m0/s1. The number of esters is 1. The van der Waals surface area contributed by atoms with Crippen molar-refractivity contribution >= 4 is 5.97 Å². The molecule has 1 saturated carbocycles. The fraction of sp³-hybridized carbons (Fsp3) is 0.870. The fourth-order valence-electron chi connectivity index (χ4n) is 4.13. The number of methoxy groups -OCH3 is 1. The molecule has 25 heavy (non-hydrogen) atoms. The maximum absolute atomic E-state index is 11.1. The first-order valence-electron chi connectivity index (χ1n) is 10.7. The summed E-state index contributed by atoms with van der Waals surface area (Å²) in [5.74, 6) is 1.65. The van der Waals surface area contributed by atoms with Gasteiger partial charge in [-0.05, 0) is 55.8 Å². The molecule has 0 radical (unpaired) electrons. The van der Waals surface area contributed by atoms with Crippen LogP contribution >= 0.6 is 0 Å². The minimum absolute atomic E-state index is 0.0668. The maximum atomic E-state index is 11.1. The van der Waals surface area contributed by atoms with Crippen molar-refractivity contribution in [3.8, 4) is 0 Å². The van der Waals surface area contributed by atoms with Crippen LogP contribution in [0, 0.1) is 17.3 Å². The van der Waals surface area contributed by atoms with Gasteiger partial charge in [-0.1, -0.05) is 71.4 Å². The van der Waals surface area contributed by atoms with E-state index in [-0.39, 0.29) is 5.97 Å². The number of allylic oxidation sites excluding steroid dienone is 2. The van der Waals surface area contributed by atoms with E-state index >= 15 is 0 Å². The fourth-order valence-corrected chi connectivity index (χ4v) is 4.13. The highest BCUT2D eigenvalue weighted by Crippen LogP contribution is 2.37. The Bertz CT molecular complexity index is 384. The summed E-state index contributed by atoms with van der Waals surface area (Å²) in [4.78, 5) is 11.1. The van der Waals surface area contributed by atoms with Crippen molar-refractivity contribution in [1.29, 1.82) is 0 Å². The lowest BCUT2D eigenvalue weighted by atomic mass is 9.83. The van der Waals surface area contributed by atoms with Gasteiger partial charge < -0.3 is 4.74 Å². The molecule has 2 heteroatoms. The molecule has 0 N–H and O–H groups in total. The summed E-state index contributed by atoms with van der Waals surface area (Å²) in [5.41, 5.74) is 0.459. The molecule has 0 aromatic carbocycles. The van der Waals surface area contributed by atoms with Gasteiger partial charge in [0.05, 0.1) is 7.11 Å². The van der Waals surface area contributed by atoms with Gasteiger partial charge in [-0.25, -0.2) is 0 Å². The highest BCUT2D eigenvalue weighted by atomic mass is 16.5. The van der Waals surface area contributed by atoms with Crippen LogP contribution in [0.1, 0.15) is 104 Å². The Morgan fingerprint density at radius 1 is 1.12 bits per heavy atom. The first-order chi connectivity index (χ1) is 12.0. The monoisotopic (exact) mass is 350 g/mol. The van der Waals surface area contributed by atoms with E-state index in [1.54, 1.807) is 0 Å². The second-order valence-electron chi connectivity index (χ2n) is 8.78. The number of hydrogen-bond acceptors (Lipinski definition) is 2. The van der Waals surface area contributed by atoms with Crippen LogP contribution in [0.3, 0.4) is 0 Å². The van der Waals surface area contributed by atoms with Gasteiger partial charge in [0.25, 0.3) is 0 Å². The lowest BCUT2D eigenvalue weighted by Crippen LogP contribution is -2.10. The van der Waals surface area contributed by atoms with Crippen molar-refractivity contribution in [2.24, 2.45) is 17.3 Å². The zero-order valence-corrected chi connectivity index (χ0v) is 17.3. The average Bonchev–Trinajstić information content (AvgIpc) is 3.03. The lowest BCUT2D eigenvalue weighted by molar-refractivity contribution is -0.140. The summed E-state index contributed by atoms with van der Waals surface area (Å²) in [5, 5.41) is 0. The van der Waals surface area contributed by atoms with E-state index in [1.807, 2.05) is 0 Å². The highest BCUT2D eigenvalue weighted by Gasteiger charge is 2.24. The topological polar surface area (TPSA) is 26.3 Å². The number of rotatable bonds is 13. The Balaban J connectivity index is 2.20. The maximum Gasteiger partial charge on any atom is 0.305 e. The summed E-state index contributed by atoms with van der Waals surface area (Å²) >= 11 is 0. The van der Waals surface area contributed by atoms with Gasteiger partial charge in [0.1, 0.15) is 0 Å². The molecule has 0 aromatic heterocycles. The average molecular weight is 351 g/mol. The molecule has 146 valence electrons. The second-order valence-corrected chi connectivity index (χ2v) is 8.78. The Hall–Kier alpha value is -0.790. The van der Waals surface area contributed by atoms with Crippen molar-refractivity contribution in [2.75, 3.05) is 7.11 Å². The van der Waals surface area contributed by atoms with Crippen LogP contribution in [-0.4, -0.2) is 13.1 Å². The SMILES string of the molecule is CCCCC(C)(C)CC=C[C@H]1CCC[C@@H]1CCCCCCC(=O)OC. The molecule has 1 rings (SSSR count). The van der Waals surface area contributed by atoms with Gasteiger partial charge in [-0.2, -0.15) is 0 Å². The lowest BCUT2D eigenvalue weighted by Gasteiger charge is -2.23. The molecule has 0 amide bonds. The Kier molecular flexibility index (Phi) is 11.2. The third-order valence-corrected chi connectivity index (χ3v) is 5.91. The minimum atomic E-state index is -0.0668. The van der Waals surface area contributed by atoms with Gasteiger partial charge >= 0.3 is 5.97 Å². The first-order valence-corrected chi connectivity index (χ1v) is 10.7. The highest BCUT2D eigenvalue weighted by molar-refractivity contribution is 5.68. The van der Waals surface area contributed by atoms with Crippen LogP contribution in [0.4, 0.5) is 0 Å². The number of unbranched alkanes of at least 4 members (excludes halogenated alkanes) is 4. The van der Waals surface area contributed by atoms with Crippen LogP contribution < -0.4 is 0 Å². The molecular weight excluding hydrogens is 308 g/mol. The van der Waals surface area contributed by atoms with Crippen LogP contribution in [0.2, 0.25) is 0 Å².